The summed E-state index contributed by atoms with van der Waals surface area (Å²) in [5, 5.41) is 1.09. The fraction of sp³-hybridized carbons (Fsp3) is 0.263. The zero-order chi connectivity index (χ0) is 20.9. The summed E-state index contributed by atoms with van der Waals surface area (Å²) < 4.78 is 34.1. The zero-order valence-electron chi connectivity index (χ0n) is 15.5. The van der Waals surface area contributed by atoms with Gasteiger partial charge in [0.25, 0.3) is 0 Å². The standard InChI is InChI=1S/C19H19ClN2O4S3/c1-27-11-10-16(22-29(24,25)14-8-6-13(20)7-9-14)19(23)26-12-18-21-15-4-2-3-5-17(15)28-18/h2-9,16,22H,10-12H2,1H3. The van der Waals surface area contributed by atoms with Crippen LogP contribution < -0.4 is 4.72 Å². The molecule has 154 valence electrons. The van der Waals surface area contributed by atoms with Gasteiger partial charge in [-0.15, -0.1) is 11.3 Å². The van der Waals surface area contributed by atoms with Gasteiger partial charge in [-0.05, 0) is 54.8 Å². The molecule has 0 aliphatic rings. The van der Waals surface area contributed by atoms with E-state index in [4.69, 9.17) is 16.3 Å². The first kappa shape index (κ1) is 22.0. The van der Waals surface area contributed by atoms with E-state index in [1.807, 2.05) is 30.5 Å². The molecule has 0 aliphatic carbocycles. The van der Waals surface area contributed by atoms with Gasteiger partial charge in [0.1, 0.15) is 17.7 Å². The number of carbonyl (C=O) groups is 1. The Morgan fingerprint density at radius 3 is 2.66 bits per heavy atom. The minimum atomic E-state index is -3.89. The lowest BCUT2D eigenvalue weighted by atomic mass is 10.2. The molecule has 3 aromatic rings. The minimum absolute atomic E-state index is 0.00335. The highest BCUT2D eigenvalue weighted by Gasteiger charge is 2.27. The van der Waals surface area contributed by atoms with Crippen LogP contribution in [-0.4, -0.2) is 37.4 Å². The van der Waals surface area contributed by atoms with E-state index >= 15 is 0 Å². The Kier molecular flexibility index (Phi) is 7.53. The van der Waals surface area contributed by atoms with Crippen LogP contribution in [0.2, 0.25) is 5.02 Å². The number of ether oxygens (including phenoxy) is 1. The Morgan fingerprint density at radius 2 is 1.97 bits per heavy atom. The highest BCUT2D eigenvalue weighted by molar-refractivity contribution is 7.98. The number of thioether (sulfide) groups is 1. The number of nitrogens with zero attached hydrogens (tertiary/aromatic N) is 1. The number of carbonyl (C=O) groups excluding carboxylic acids is 1. The van der Waals surface area contributed by atoms with Gasteiger partial charge in [0, 0.05) is 5.02 Å². The summed E-state index contributed by atoms with van der Waals surface area (Å²) in [5.41, 5.74) is 0.839. The number of benzene rings is 2. The Labute approximate surface area is 182 Å². The molecule has 1 N–H and O–H groups in total. The monoisotopic (exact) mass is 470 g/mol. The van der Waals surface area contributed by atoms with Crippen LogP contribution in [0.15, 0.2) is 53.4 Å². The molecule has 0 amide bonds. The summed E-state index contributed by atoms with van der Waals surface area (Å²) in [5.74, 6) is -0.0276. The lowest BCUT2D eigenvalue weighted by Crippen LogP contribution is -2.42. The average molecular weight is 471 g/mol. The molecule has 0 fully saturated rings. The Balaban J connectivity index is 1.69. The van der Waals surface area contributed by atoms with Crippen LogP contribution in [0.4, 0.5) is 0 Å². The summed E-state index contributed by atoms with van der Waals surface area (Å²) in [6.07, 6.45) is 2.20. The lowest BCUT2D eigenvalue weighted by Gasteiger charge is -2.17. The molecule has 0 saturated carbocycles. The predicted molar refractivity (Wildman–Crippen MR) is 118 cm³/mol. The van der Waals surface area contributed by atoms with Gasteiger partial charge in [-0.25, -0.2) is 13.4 Å². The number of halogens is 1. The van der Waals surface area contributed by atoms with E-state index in [0.717, 1.165) is 10.2 Å². The van der Waals surface area contributed by atoms with Crippen molar-refractivity contribution in [2.45, 2.75) is 24.0 Å². The summed E-state index contributed by atoms with van der Waals surface area (Å²) in [6, 6.07) is 12.4. The van der Waals surface area contributed by atoms with E-state index in [1.54, 1.807) is 0 Å². The number of thiazole rings is 1. The molecule has 0 spiro atoms. The molecular formula is C19H19ClN2O4S3. The molecule has 0 aliphatic heterocycles. The van der Waals surface area contributed by atoms with Crippen LogP contribution in [0.1, 0.15) is 11.4 Å². The zero-order valence-corrected chi connectivity index (χ0v) is 18.7. The van der Waals surface area contributed by atoms with Crippen molar-refractivity contribution in [3.63, 3.8) is 0 Å². The molecule has 1 heterocycles. The molecule has 3 rings (SSSR count). The van der Waals surface area contributed by atoms with Crippen molar-refractivity contribution in [3.8, 4) is 0 Å². The Hall–Kier alpha value is -1.65. The third-order valence-electron chi connectivity index (χ3n) is 3.99. The smallest absolute Gasteiger partial charge is 0.324 e. The second-order valence-electron chi connectivity index (χ2n) is 6.09. The fourth-order valence-corrected chi connectivity index (χ4v) is 5.24. The Morgan fingerprint density at radius 1 is 1.24 bits per heavy atom. The van der Waals surface area contributed by atoms with E-state index < -0.39 is 22.0 Å². The van der Waals surface area contributed by atoms with Gasteiger partial charge in [0.2, 0.25) is 10.0 Å². The number of fused-ring (bicyclic) bond motifs is 1. The van der Waals surface area contributed by atoms with Crippen molar-refractivity contribution in [1.29, 1.82) is 0 Å². The first-order chi connectivity index (χ1) is 13.9. The minimum Gasteiger partial charge on any atom is -0.457 e. The van der Waals surface area contributed by atoms with Gasteiger partial charge >= 0.3 is 5.97 Å². The third-order valence-corrected chi connectivity index (χ3v) is 7.39. The van der Waals surface area contributed by atoms with E-state index in [-0.39, 0.29) is 11.5 Å². The second kappa shape index (κ2) is 9.90. The maximum Gasteiger partial charge on any atom is 0.324 e. The number of aromatic nitrogens is 1. The van der Waals surface area contributed by atoms with Gasteiger partial charge in [0.15, 0.2) is 0 Å². The number of hydrogen-bond donors (Lipinski definition) is 1. The molecule has 2 aromatic carbocycles. The SMILES string of the molecule is CSCCC(NS(=O)(=O)c1ccc(Cl)cc1)C(=O)OCc1nc2ccccc2s1. The maximum atomic E-state index is 12.6. The number of esters is 1. The van der Waals surface area contributed by atoms with Crippen molar-refractivity contribution in [2.75, 3.05) is 12.0 Å². The summed E-state index contributed by atoms with van der Waals surface area (Å²) in [6.45, 7) is -0.00335. The van der Waals surface area contributed by atoms with Crippen molar-refractivity contribution in [1.82, 2.24) is 9.71 Å². The summed E-state index contributed by atoms with van der Waals surface area (Å²) in [7, 11) is -3.89. The largest absolute Gasteiger partial charge is 0.457 e. The van der Waals surface area contributed by atoms with Crippen molar-refractivity contribution < 1.29 is 17.9 Å². The third kappa shape index (κ3) is 5.93. The molecule has 29 heavy (non-hydrogen) atoms. The number of para-hydroxylation sites is 1. The molecule has 0 bridgehead atoms. The van der Waals surface area contributed by atoms with Gasteiger partial charge in [-0.2, -0.15) is 16.5 Å². The summed E-state index contributed by atoms with van der Waals surface area (Å²) in [4.78, 5) is 17.1. The van der Waals surface area contributed by atoms with Crippen LogP contribution in [0.25, 0.3) is 10.2 Å². The second-order valence-corrected chi connectivity index (χ2v) is 10.3. The molecule has 1 atom stereocenters. The topological polar surface area (TPSA) is 85.4 Å². The Bertz CT molecular complexity index is 1050. The molecule has 1 aromatic heterocycles. The lowest BCUT2D eigenvalue weighted by molar-refractivity contribution is -0.147. The molecular weight excluding hydrogens is 452 g/mol. The van der Waals surface area contributed by atoms with Crippen LogP contribution in [0.5, 0.6) is 0 Å². The highest BCUT2D eigenvalue weighted by Crippen LogP contribution is 2.22. The van der Waals surface area contributed by atoms with Crippen molar-refractivity contribution in [2.24, 2.45) is 0 Å². The van der Waals surface area contributed by atoms with E-state index in [1.165, 1.54) is 47.4 Å². The van der Waals surface area contributed by atoms with Gasteiger partial charge < -0.3 is 4.74 Å². The highest BCUT2D eigenvalue weighted by atomic mass is 35.5. The van der Waals surface area contributed by atoms with Crippen molar-refractivity contribution >= 4 is 60.9 Å². The molecule has 1 unspecified atom stereocenters. The molecule has 10 heteroatoms. The first-order valence-corrected chi connectivity index (χ1v) is 12.7. The number of rotatable bonds is 9. The maximum absolute atomic E-state index is 12.6. The van der Waals surface area contributed by atoms with Crippen LogP contribution in [-0.2, 0) is 26.2 Å². The predicted octanol–water partition coefficient (Wildman–Crippen LogP) is 4.09. The molecule has 0 radical (unpaired) electrons. The first-order valence-electron chi connectivity index (χ1n) is 8.67. The fourth-order valence-electron chi connectivity index (χ4n) is 2.54. The number of nitrogens with one attached hydrogen (secondary N) is 1. The summed E-state index contributed by atoms with van der Waals surface area (Å²) >= 11 is 8.77. The molecule has 6 nitrogen and oxygen atoms in total. The van der Waals surface area contributed by atoms with Gasteiger partial charge in [0.05, 0.1) is 15.1 Å². The van der Waals surface area contributed by atoms with Crippen molar-refractivity contribution in [3.05, 3.63) is 58.6 Å². The normalized spacial score (nSPS) is 12.8. The van der Waals surface area contributed by atoms with Gasteiger partial charge in [-0.1, -0.05) is 23.7 Å². The van der Waals surface area contributed by atoms with Crippen LogP contribution in [0.3, 0.4) is 0 Å². The van der Waals surface area contributed by atoms with E-state index in [9.17, 15) is 13.2 Å². The molecule has 0 saturated heterocycles. The quantitative estimate of drug-likeness (QED) is 0.474. The number of hydrogen-bond acceptors (Lipinski definition) is 7. The van der Waals surface area contributed by atoms with E-state index in [2.05, 4.69) is 9.71 Å². The van der Waals surface area contributed by atoms with Crippen LogP contribution in [0, 0.1) is 0 Å². The van der Waals surface area contributed by atoms with Gasteiger partial charge in [-0.3, -0.25) is 4.79 Å². The average Bonchev–Trinajstić information content (AvgIpc) is 3.12. The van der Waals surface area contributed by atoms with Crippen LogP contribution >= 0.6 is 34.7 Å². The van der Waals surface area contributed by atoms with E-state index in [0.29, 0.717) is 22.2 Å². The number of sulfonamides is 1.